The fourth-order valence-corrected chi connectivity index (χ4v) is 1.66. The van der Waals surface area contributed by atoms with Gasteiger partial charge in [-0.1, -0.05) is 30.3 Å². The summed E-state index contributed by atoms with van der Waals surface area (Å²) in [6.45, 7) is 1.84. The maximum Gasteiger partial charge on any atom is 0.335 e. The molecule has 15 heavy (non-hydrogen) atoms. The molecule has 0 atom stereocenters. The van der Waals surface area contributed by atoms with Crippen molar-refractivity contribution in [2.75, 3.05) is 0 Å². The number of rotatable bonds is 1. The van der Waals surface area contributed by atoms with Gasteiger partial charge >= 0.3 is 5.97 Å². The first-order valence-electron chi connectivity index (χ1n) is 4.42. The van der Waals surface area contributed by atoms with E-state index in [1.54, 1.807) is 6.07 Å². The molecular formula is C12H10InO2. The molecule has 0 aliphatic heterocycles. The molecule has 0 unspecified atom stereocenters. The maximum atomic E-state index is 10.9. The minimum atomic E-state index is -0.867. The molecule has 0 amide bonds. The Hall–Kier alpha value is -0.960. The Kier molecular flexibility index (Phi) is 3.80. The molecule has 0 saturated heterocycles. The van der Waals surface area contributed by atoms with Gasteiger partial charge in [0.1, 0.15) is 0 Å². The number of carboxylic acids is 1. The van der Waals surface area contributed by atoms with Crippen LogP contribution in [0.5, 0.6) is 0 Å². The van der Waals surface area contributed by atoms with Crippen LogP contribution in [0.4, 0.5) is 0 Å². The molecule has 0 bridgehead atoms. The van der Waals surface area contributed by atoms with E-state index in [0.29, 0.717) is 5.56 Å². The molecule has 2 aromatic rings. The minimum absolute atomic E-state index is 0. The topological polar surface area (TPSA) is 37.3 Å². The molecule has 0 spiro atoms. The third kappa shape index (κ3) is 2.17. The molecular weight excluding hydrogens is 291 g/mol. The number of benzene rings is 2. The van der Waals surface area contributed by atoms with Crippen LogP contribution >= 0.6 is 0 Å². The van der Waals surface area contributed by atoms with Crippen LogP contribution in [0.25, 0.3) is 10.8 Å². The Balaban J connectivity index is 0.00000112. The third-order valence-corrected chi connectivity index (χ3v) is 2.43. The molecule has 2 rings (SSSR count). The van der Waals surface area contributed by atoms with Gasteiger partial charge in [-0.2, -0.15) is 0 Å². The second-order valence-electron chi connectivity index (χ2n) is 3.26. The van der Waals surface area contributed by atoms with Crippen molar-refractivity contribution in [3.05, 3.63) is 47.5 Å². The summed E-state index contributed by atoms with van der Waals surface area (Å²) < 4.78 is 0. The largest absolute Gasteiger partial charge is 0.478 e. The zero-order valence-corrected chi connectivity index (χ0v) is 11.7. The minimum Gasteiger partial charge on any atom is -0.478 e. The third-order valence-electron chi connectivity index (χ3n) is 2.43. The summed E-state index contributed by atoms with van der Waals surface area (Å²) in [6.07, 6.45) is 0. The number of fused-ring (bicyclic) bond motifs is 1. The summed E-state index contributed by atoms with van der Waals surface area (Å²) >= 11 is 0. The molecule has 73 valence electrons. The van der Waals surface area contributed by atoms with Gasteiger partial charge in [-0.15, -0.1) is 0 Å². The van der Waals surface area contributed by atoms with Crippen molar-refractivity contribution < 1.29 is 9.90 Å². The second kappa shape index (κ2) is 4.71. The van der Waals surface area contributed by atoms with E-state index in [9.17, 15) is 4.79 Å². The van der Waals surface area contributed by atoms with Crippen LogP contribution in [0.1, 0.15) is 15.9 Å². The zero-order valence-electron chi connectivity index (χ0n) is 8.40. The zero-order chi connectivity index (χ0) is 10.1. The number of carbonyl (C=O) groups is 1. The predicted molar refractivity (Wildman–Crippen MR) is 61.4 cm³/mol. The van der Waals surface area contributed by atoms with Crippen LogP contribution in [0.3, 0.4) is 0 Å². The van der Waals surface area contributed by atoms with Gasteiger partial charge < -0.3 is 5.11 Å². The van der Waals surface area contributed by atoms with Gasteiger partial charge in [0.05, 0.1) is 5.56 Å². The van der Waals surface area contributed by atoms with Crippen molar-refractivity contribution in [1.29, 1.82) is 0 Å². The molecule has 0 aliphatic rings. The smallest absolute Gasteiger partial charge is 0.335 e. The Labute approximate surface area is 107 Å². The molecule has 0 saturated carbocycles. The standard InChI is InChI=1S/C12H10O2.In/c1-8-10-5-3-2-4-9(10)6-7-11(8)12(13)14;/h2-7H,1H3,(H,13,14);. The molecule has 0 fully saturated rings. The average Bonchev–Trinajstić information content (AvgIpc) is 2.18. The molecule has 3 radical (unpaired) electrons. The van der Waals surface area contributed by atoms with E-state index < -0.39 is 5.97 Å². The van der Waals surface area contributed by atoms with Crippen molar-refractivity contribution in [3.63, 3.8) is 0 Å². The van der Waals surface area contributed by atoms with Crippen LogP contribution in [0, 0.1) is 6.92 Å². The first-order valence-corrected chi connectivity index (χ1v) is 4.42. The van der Waals surface area contributed by atoms with E-state index in [2.05, 4.69) is 0 Å². The number of aryl methyl sites for hydroxylation is 1. The Morgan fingerprint density at radius 3 is 2.47 bits per heavy atom. The number of carboxylic acid groups (broad SMARTS) is 1. The fourth-order valence-electron chi connectivity index (χ4n) is 1.66. The maximum absolute atomic E-state index is 10.9. The molecule has 3 heteroatoms. The number of aromatic carboxylic acids is 1. The van der Waals surface area contributed by atoms with Gasteiger partial charge in [0.25, 0.3) is 0 Å². The van der Waals surface area contributed by atoms with Crippen LogP contribution in [0.2, 0.25) is 0 Å². The van der Waals surface area contributed by atoms with Gasteiger partial charge in [-0.3, -0.25) is 0 Å². The van der Waals surface area contributed by atoms with E-state index >= 15 is 0 Å². The van der Waals surface area contributed by atoms with Crippen LogP contribution in [-0.2, 0) is 0 Å². The summed E-state index contributed by atoms with van der Waals surface area (Å²) in [5, 5.41) is 11.0. The molecule has 0 heterocycles. The monoisotopic (exact) mass is 301 g/mol. The molecule has 0 aromatic heterocycles. The van der Waals surface area contributed by atoms with Crippen molar-refractivity contribution in [1.82, 2.24) is 0 Å². The van der Waals surface area contributed by atoms with E-state index in [1.807, 2.05) is 37.3 Å². The van der Waals surface area contributed by atoms with Gasteiger partial charge in [-0.25, -0.2) is 4.79 Å². The number of hydrogen-bond donors (Lipinski definition) is 1. The summed E-state index contributed by atoms with van der Waals surface area (Å²) in [4.78, 5) is 10.9. The summed E-state index contributed by atoms with van der Waals surface area (Å²) in [6, 6.07) is 11.3. The Morgan fingerprint density at radius 1 is 1.13 bits per heavy atom. The van der Waals surface area contributed by atoms with E-state index in [0.717, 1.165) is 16.3 Å². The fraction of sp³-hybridized carbons (Fsp3) is 0.0833. The second-order valence-corrected chi connectivity index (χ2v) is 3.26. The molecule has 1 N–H and O–H groups in total. The number of hydrogen-bond acceptors (Lipinski definition) is 1. The van der Waals surface area contributed by atoms with Crippen molar-refractivity contribution in [3.8, 4) is 0 Å². The molecule has 2 aromatic carbocycles. The summed E-state index contributed by atoms with van der Waals surface area (Å²) in [7, 11) is 0. The summed E-state index contributed by atoms with van der Waals surface area (Å²) in [5.41, 5.74) is 1.21. The van der Waals surface area contributed by atoms with E-state index in [1.165, 1.54) is 0 Å². The van der Waals surface area contributed by atoms with Gasteiger partial charge in [0, 0.05) is 25.8 Å². The van der Waals surface area contributed by atoms with Gasteiger partial charge in [0.2, 0.25) is 0 Å². The van der Waals surface area contributed by atoms with Crippen molar-refractivity contribution >= 4 is 42.6 Å². The Morgan fingerprint density at radius 2 is 1.80 bits per heavy atom. The van der Waals surface area contributed by atoms with Crippen LogP contribution < -0.4 is 0 Å². The summed E-state index contributed by atoms with van der Waals surface area (Å²) in [5.74, 6) is -0.867. The molecule has 2 nitrogen and oxygen atoms in total. The van der Waals surface area contributed by atoms with E-state index in [-0.39, 0.29) is 25.8 Å². The van der Waals surface area contributed by atoms with Crippen molar-refractivity contribution in [2.45, 2.75) is 6.92 Å². The Bertz CT molecular complexity index is 506. The van der Waals surface area contributed by atoms with Gasteiger partial charge in [-0.05, 0) is 29.3 Å². The van der Waals surface area contributed by atoms with E-state index in [4.69, 9.17) is 5.11 Å². The van der Waals surface area contributed by atoms with Crippen molar-refractivity contribution in [2.24, 2.45) is 0 Å². The van der Waals surface area contributed by atoms with Crippen LogP contribution in [-0.4, -0.2) is 36.9 Å². The molecule has 0 aliphatic carbocycles. The van der Waals surface area contributed by atoms with Crippen LogP contribution in [0.15, 0.2) is 36.4 Å². The SMILES string of the molecule is Cc1c(C(=O)O)ccc2ccccc12.[In]. The quantitative estimate of drug-likeness (QED) is 0.878. The predicted octanol–water partition coefficient (Wildman–Crippen LogP) is 2.47. The first kappa shape index (κ1) is 12.1. The normalized spacial score (nSPS) is 9.67. The average molecular weight is 301 g/mol. The van der Waals surface area contributed by atoms with Gasteiger partial charge in [0.15, 0.2) is 0 Å². The first-order chi connectivity index (χ1) is 6.70.